The second-order valence-corrected chi connectivity index (χ2v) is 12.6. The molecule has 44 heavy (non-hydrogen) atoms. The van der Waals surface area contributed by atoms with E-state index in [1.807, 2.05) is 29.0 Å². The number of carbonyl (C=O) groups excluding carboxylic acids is 1. The Balaban J connectivity index is 1.46. The fraction of sp³-hybridized carbons (Fsp3) is 0.355. The Morgan fingerprint density at radius 2 is 1.73 bits per heavy atom. The molecule has 3 N–H and O–H groups in total. The number of aliphatic hydroxyl groups is 1. The van der Waals surface area contributed by atoms with E-state index in [9.17, 15) is 38.3 Å². The number of carbonyl (C=O) groups is 2. The van der Waals surface area contributed by atoms with E-state index in [1.165, 1.54) is 24.3 Å². The number of nitrogens with one attached hydrogen (secondary N) is 1. The summed E-state index contributed by atoms with van der Waals surface area (Å²) in [5.41, 5.74) is 2.60. The van der Waals surface area contributed by atoms with E-state index in [2.05, 4.69) is 0 Å². The lowest BCUT2D eigenvalue weighted by atomic mass is 9.97. The third-order valence-corrected chi connectivity index (χ3v) is 7.99. The molecule has 2 amide bonds. The molecule has 0 aliphatic heterocycles. The number of sulfonamides is 1. The number of benzene rings is 3. The Kier molecular flexibility index (Phi) is 10.6. The van der Waals surface area contributed by atoms with Crippen LogP contribution in [0.25, 0.3) is 11.1 Å². The number of nitro groups is 1. The highest BCUT2D eigenvalue weighted by Gasteiger charge is 2.22. The smallest absolute Gasteiger partial charge is 0.407 e. The maximum absolute atomic E-state index is 12.7. The van der Waals surface area contributed by atoms with Gasteiger partial charge in [0.2, 0.25) is 10.0 Å². The van der Waals surface area contributed by atoms with Crippen molar-refractivity contribution in [1.29, 1.82) is 0 Å². The molecule has 0 saturated heterocycles. The summed E-state index contributed by atoms with van der Waals surface area (Å²) in [6, 6.07) is 17.8. The number of carboxylic acid groups (broad SMARTS) is 1. The standard InChI is InChI=1S/C31H35N3O9S/c1-44(41,42)32-30(36)27-15-14-23(19-29(27)43-26-8-3-2-4-9-26)22-12-10-21(11-13-22)16-17-33(31(37)38)20-28(35)24-6-5-7-25(18-24)34(39)40/h5-7,10-15,18-19,26,28,35H,2-4,8-9,16-17,20H2,1H3,(H,32,36)(H,37,38)/t28-/m0/s1. The molecular formula is C31H35N3O9S. The minimum absolute atomic E-state index is 0.0705. The van der Waals surface area contributed by atoms with Crippen LogP contribution in [0.2, 0.25) is 0 Å². The Hall–Kier alpha value is -4.49. The van der Waals surface area contributed by atoms with Gasteiger partial charge in [-0.3, -0.25) is 14.9 Å². The van der Waals surface area contributed by atoms with Gasteiger partial charge in [0.25, 0.3) is 11.6 Å². The summed E-state index contributed by atoms with van der Waals surface area (Å²) in [5.74, 6) is -0.460. The highest BCUT2D eigenvalue weighted by atomic mass is 32.2. The molecule has 1 atom stereocenters. The molecule has 0 heterocycles. The van der Waals surface area contributed by atoms with Gasteiger partial charge in [0, 0.05) is 18.7 Å². The van der Waals surface area contributed by atoms with Gasteiger partial charge in [0.15, 0.2) is 0 Å². The number of amides is 2. The van der Waals surface area contributed by atoms with Crippen molar-refractivity contribution in [3.63, 3.8) is 0 Å². The van der Waals surface area contributed by atoms with Crippen molar-refractivity contribution < 1.29 is 37.9 Å². The highest BCUT2D eigenvalue weighted by molar-refractivity contribution is 7.89. The molecule has 0 aromatic heterocycles. The summed E-state index contributed by atoms with van der Waals surface area (Å²) < 4.78 is 31.6. The number of non-ortho nitro benzene ring substituents is 1. The van der Waals surface area contributed by atoms with Crippen LogP contribution in [0.4, 0.5) is 10.5 Å². The molecule has 4 rings (SSSR count). The molecule has 0 bridgehead atoms. The summed E-state index contributed by atoms with van der Waals surface area (Å²) in [4.78, 5) is 36.1. The minimum atomic E-state index is -3.77. The summed E-state index contributed by atoms with van der Waals surface area (Å²) in [6.45, 7) is -0.165. The van der Waals surface area contributed by atoms with Gasteiger partial charge in [-0.05, 0) is 66.5 Å². The summed E-state index contributed by atoms with van der Waals surface area (Å²) in [6.07, 6.45) is 3.59. The maximum atomic E-state index is 12.7. The zero-order valence-corrected chi connectivity index (χ0v) is 25.0. The fourth-order valence-electron chi connectivity index (χ4n) is 5.13. The van der Waals surface area contributed by atoms with Crippen molar-refractivity contribution in [2.24, 2.45) is 0 Å². The van der Waals surface area contributed by atoms with Crippen molar-refractivity contribution in [1.82, 2.24) is 9.62 Å². The second-order valence-electron chi connectivity index (χ2n) is 10.8. The van der Waals surface area contributed by atoms with Crippen LogP contribution < -0.4 is 9.46 Å². The third-order valence-electron chi connectivity index (χ3n) is 7.44. The zero-order valence-electron chi connectivity index (χ0n) is 24.2. The van der Waals surface area contributed by atoms with Crippen molar-refractivity contribution in [3.05, 3.63) is 93.5 Å². The monoisotopic (exact) mass is 625 g/mol. The van der Waals surface area contributed by atoms with Gasteiger partial charge < -0.3 is 19.8 Å². The van der Waals surface area contributed by atoms with E-state index in [4.69, 9.17) is 4.74 Å². The van der Waals surface area contributed by atoms with E-state index in [1.54, 1.807) is 18.2 Å². The highest BCUT2D eigenvalue weighted by Crippen LogP contribution is 2.31. The summed E-state index contributed by atoms with van der Waals surface area (Å²) in [5, 5.41) is 31.3. The molecule has 13 heteroatoms. The molecule has 1 saturated carbocycles. The molecule has 0 radical (unpaired) electrons. The Labute approximate surface area is 255 Å². The number of aliphatic hydroxyl groups excluding tert-OH is 1. The van der Waals surface area contributed by atoms with Gasteiger partial charge in [0.1, 0.15) is 5.75 Å². The molecule has 1 aliphatic carbocycles. The van der Waals surface area contributed by atoms with E-state index in [-0.39, 0.29) is 36.0 Å². The van der Waals surface area contributed by atoms with E-state index in [0.29, 0.717) is 12.2 Å². The lowest BCUT2D eigenvalue weighted by Gasteiger charge is -2.24. The van der Waals surface area contributed by atoms with Gasteiger partial charge in [-0.15, -0.1) is 0 Å². The average molecular weight is 626 g/mol. The number of rotatable bonds is 12. The van der Waals surface area contributed by atoms with Gasteiger partial charge in [-0.25, -0.2) is 17.9 Å². The first-order chi connectivity index (χ1) is 20.9. The maximum Gasteiger partial charge on any atom is 0.407 e. The van der Waals surface area contributed by atoms with Gasteiger partial charge in [-0.1, -0.05) is 48.9 Å². The summed E-state index contributed by atoms with van der Waals surface area (Å²) in [7, 11) is -3.77. The molecule has 0 unspecified atom stereocenters. The van der Waals surface area contributed by atoms with Gasteiger partial charge >= 0.3 is 6.09 Å². The first kappa shape index (κ1) is 32.4. The molecule has 1 aliphatic rings. The second kappa shape index (κ2) is 14.3. The molecule has 3 aromatic carbocycles. The number of nitro benzene ring substituents is 1. The molecular weight excluding hydrogens is 590 g/mol. The predicted octanol–water partition coefficient (Wildman–Crippen LogP) is 4.92. The fourth-order valence-corrected chi connectivity index (χ4v) is 5.57. The first-order valence-corrected chi connectivity index (χ1v) is 16.1. The zero-order chi connectivity index (χ0) is 31.9. The van der Waals surface area contributed by atoms with E-state index < -0.39 is 33.1 Å². The van der Waals surface area contributed by atoms with Crippen LogP contribution in [0.1, 0.15) is 59.7 Å². The van der Waals surface area contributed by atoms with E-state index in [0.717, 1.165) is 60.0 Å². The normalized spacial score (nSPS) is 14.4. The van der Waals surface area contributed by atoms with Crippen molar-refractivity contribution in [3.8, 4) is 16.9 Å². The predicted molar refractivity (Wildman–Crippen MR) is 163 cm³/mol. The lowest BCUT2D eigenvalue weighted by molar-refractivity contribution is -0.385. The largest absolute Gasteiger partial charge is 0.490 e. The van der Waals surface area contributed by atoms with Crippen LogP contribution >= 0.6 is 0 Å². The molecule has 3 aromatic rings. The van der Waals surface area contributed by atoms with Crippen molar-refractivity contribution in [2.45, 2.75) is 50.7 Å². The summed E-state index contributed by atoms with van der Waals surface area (Å²) >= 11 is 0. The number of hydrogen-bond donors (Lipinski definition) is 3. The van der Waals surface area contributed by atoms with Crippen LogP contribution in [0.5, 0.6) is 5.75 Å². The van der Waals surface area contributed by atoms with Crippen molar-refractivity contribution >= 4 is 27.7 Å². The third kappa shape index (κ3) is 9.01. The van der Waals surface area contributed by atoms with Gasteiger partial charge in [0.05, 0.1) is 35.5 Å². The Bertz CT molecular complexity index is 1600. The Morgan fingerprint density at radius 1 is 1.05 bits per heavy atom. The molecule has 0 spiro atoms. The quantitative estimate of drug-likeness (QED) is 0.186. The van der Waals surface area contributed by atoms with Crippen LogP contribution in [-0.2, 0) is 16.4 Å². The van der Waals surface area contributed by atoms with Crippen LogP contribution in [0.3, 0.4) is 0 Å². The van der Waals surface area contributed by atoms with Crippen LogP contribution in [0, 0.1) is 10.1 Å². The Morgan fingerprint density at radius 3 is 2.36 bits per heavy atom. The van der Waals surface area contributed by atoms with Gasteiger partial charge in [-0.2, -0.15) is 0 Å². The lowest BCUT2D eigenvalue weighted by Crippen LogP contribution is -2.35. The topological polar surface area (TPSA) is 176 Å². The minimum Gasteiger partial charge on any atom is -0.490 e. The number of ether oxygens (including phenoxy) is 1. The number of nitrogens with zero attached hydrogens (tertiary/aromatic N) is 2. The first-order valence-electron chi connectivity index (χ1n) is 14.2. The molecule has 1 fully saturated rings. The molecule has 12 nitrogen and oxygen atoms in total. The van der Waals surface area contributed by atoms with E-state index >= 15 is 0 Å². The van der Waals surface area contributed by atoms with Crippen LogP contribution in [0.15, 0.2) is 66.7 Å². The average Bonchev–Trinajstić information content (AvgIpc) is 2.99. The van der Waals surface area contributed by atoms with Crippen molar-refractivity contribution in [2.75, 3.05) is 19.3 Å². The van der Waals surface area contributed by atoms with Crippen LogP contribution in [-0.4, -0.2) is 65.9 Å². The molecule has 234 valence electrons. The number of hydrogen-bond acceptors (Lipinski definition) is 8. The SMILES string of the molecule is CS(=O)(=O)NC(=O)c1ccc(-c2ccc(CCN(C[C@H](O)c3cccc([N+](=O)[O-])c3)C(=O)O)cc2)cc1OC1CCCCC1.